The zero-order valence-electron chi connectivity index (χ0n) is 4.31. The van der Waals surface area contributed by atoms with Crippen LogP contribution in [0.2, 0.25) is 0 Å². The Bertz CT molecular complexity index is 76.1. The fourth-order valence-corrected chi connectivity index (χ4v) is 0.201. The molecule has 0 aromatic rings. The molecule has 0 saturated heterocycles. The van der Waals surface area contributed by atoms with Crippen molar-refractivity contribution >= 4 is 5.97 Å². The summed E-state index contributed by atoms with van der Waals surface area (Å²) in [6, 6.07) is 0. The van der Waals surface area contributed by atoms with Gasteiger partial charge in [-0.05, 0) is 0 Å². The van der Waals surface area contributed by atoms with Crippen LogP contribution < -0.4 is 0 Å². The molecule has 0 bridgehead atoms. The van der Waals surface area contributed by atoms with Gasteiger partial charge in [0.2, 0.25) is 0 Å². The fourth-order valence-electron chi connectivity index (χ4n) is 0.201. The highest BCUT2D eigenvalue weighted by atomic mass is 16.6. The van der Waals surface area contributed by atoms with Crippen LogP contribution in [0.1, 0.15) is 6.42 Å². The maximum atomic E-state index is 10.1. The molecule has 0 rings (SSSR count). The standard InChI is InChI=1S/C5H8O2/c1-3-4-5(6)7-2/h3H,1,4H2,2H3/i5+1. The number of carbonyl (C=O) groups excluding carboxylic acids is 1. The van der Waals surface area contributed by atoms with Gasteiger partial charge in [0.25, 0.3) is 0 Å². The predicted octanol–water partition coefficient (Wildman–Crippen LogP) is 0.736. The van der Waals surface area contributed by atoms with Crippen LogP contribution in [0.25, 0.3) is 0 Å². The lowest BCUT2D eigenvalue weighted by Gasteiger charge is -1.88. The topological polar surface area (TPSA) is 26.3 Å². The molecule has 0 spiro atoms. The van der Waals surface area contributed by atoms with Crippen LogP contribution in [0.15, 0.2) is 12.7 Å². The summed E-state index contributed by atoms with van der Waals surface area (Å²) in [6.45, 7) is 3.35. The van der Waals surface area contributed by atoms with Crippen LogP contribution in [-0.2, 0) is 9.53 Å². The zero-order valence-corrected chi connectivity index (χ0v) is 4.31. The highest BCUT2D eigenvalue weighted by molar-refractivity contribution is 5.70. The Hall–Kier alpha value is -0.790. The van der Waals surface area contributed by atoms with E-state index in [1.165, 1.54) is 13.2 Å². The molecular weight excluding hydrogens is 93.0 g/mol. The van der Waals surface area contributed by atoms with E-state index in [9.17, 15) is 4.79 Å². The van der Waals surface area contributed by atoms with Crippen molar-refractivity contribution in [1.29, 1.82) is 0 Å². The van der Waals surface area contributed by atoms with Crippen molar-refractivity contribution in [3.63, 3.8) is 0 Å². The summed E-state index contributed by atoms with van der Waals surface area (Å²) < 4.78 is 4.28. The van der Waals surface area contributed by atoms with Gasteiger partial charge in [0, 0.05) is 0 Å². The van der Waals surface area contributed by atoms with E-state index < -0.39 is 0 Å². The molecule has 7 heavy (non-hydrogen) atoms. The molecule has 0 N–H and O–H groups in total. The molecule has 0 aromatic heterocycles. The molecule has 0 unspecified atom stereocenters. The minimum Gasteiger partial charge on any atom is -0.469 e. The minimum atomic E-state index is -0.241. The molecule has 40 valence electrons. The Balaban J connectivity index is 3.17. The summed E-state index contributed by atoms with van der Waals surface area (Å²) in [5, 5.41) is 0. The molecule has 0 aliphatic carbocycles. The molecule has 2 heteroatoms. The van der Waals surface area contributed by atoms with Crippen LogP contribution in [0, 0.1) is 0 Å². The fraction of sp³-hybridized carbons (Fsp3) is 0.400. The second-order valence-corrected chi connectivity index (χ2v) is 1.07. The summed E-state index contributed by atoms with van der Waals surface area (Å²) >= 11 is 0. The number of rotatable bonds is 2. The van der Waals surface area contributed by atoms with Gasteiger partial charge < -0.3 is 4.74 Å². The lowest BCUT2D eigenvalue weighted by molar-refractivity contribution is -0.139. The lowest BCUT2D eigenvalue weighted by Crippen LogP contribution is -1.95. The zero-order chi connectivity index (χ0) is 5.70. The molecule has 2 nitrogen and oxygen atoms in total. The average Bonchev–Trinajstić information content (AvgIpc) is 1.68. The largest absolute Gasteiger partial charge is 0.469 e. The van der Waals surface area contributed by atoms with Gasteiger partial charge in [0.15, 0.2) is 0 Å². The van der Waals surface area contributed by atoms with E-state index in [4.69, 9.17) is 0 Å². The van der Waals surface area contributed by atoms with Crippen LogP contribution in [-0.4, -0.2) is 13.1 Å². The van der Waals surface area contributed by atoms with Crippen molar-refractivity contribution in [3.05, 3.63) is 12.7 Å². The number of esters is 1. The molecular formula is C5H8O2. The summed E-state index contributed by atoms with van der Waals surface area (Å²) in [6.07, 6.45) is 1.81. The van der Waals surface area contributed by atoms with Crippen molar-refractivity contribution < 1.29 is 9.53 Å². The first kappa shape index (κ1) is 6.21. The number of hydrogen-bond donors (Lipinski definition) is 0. The van der Waals surface area contributed by atoms with E-state index in [2.05, 4.69) is 11.3 Å². The van der Waals surface area contributed by atoms with Gasteiger partial charge in [-0.25, -0.2) is 0 Å². The first-order chi connectivity index (χ1) is 3.31. The summed E-state index contributed by atoms with van der Waals surface area (Å²) in [5.41, 5.74) is 0. The number of methoxy groups -OCH3 is 1. The van der Waals surface area contributed by atoms with Crippen LogP contribution in [0.5, 0.6) is 0 Å². The lowest BCUT2D eigenvalue weighted by atomic mass is 10.6. The van der Waals surface area contributed by atoms with Crippen molar-refractivity contribution in [2.45, 2.75) is 6.42 Å². The molecule has 0 aliphatic heterocycles. The second kappa shape index (κ2) is 3.40. The quantitative estimate of drug-likeness (QED) is 0.291. The molecule has 0 radical (unpaired) electrons. The highest BCUT2D eigenvalue weighted by Gasteiger charge is 1.90. The number of ether oxygens (including phenoxy) is 1. The predicted molar refractivity (Wildman–Crippen MR) is 26.8 cm³/mol. The van der Waals surface area contributed by atoms with Crippen LogP contribution in [0.3, 0.4) is 0 Å². The van der Waals surface area contributed by atoms with E-state index in [-0.39, 0.29) is 5.97 Å². The van der Waals surface area contributed by atoms with Crippen molar-refractivity contribution in [1.82, 2.24) is 0 Å². The van der Waals surface area contributed by atoms with Crippen molar-refractivity contribution in [2.24, 2.45) is 0 Å². The maximum Gasteiger partial charge on any atom is 0.309 e. The van der Waals surface area contributed by atoms with Gasteiger partial charge in [0.1, 0.15) is 0 Å². The monoisotopic (exact) mass is 101 g/mol. The van der Waals surface area contributed by atoms with E-state index in [0.717, 1.165) is 0 Å². The second-order valence-electron chi connectivity index (χ2n) is 1.07. The summed E-state index contributed by atoms with van der Waals surface area (Å²) in [5.74, 6) is -0.241. The van der Waals surface area contributed by atoms with E-state index >= 15 is 0 Å². The molecule has 0 aliphatic rings. The Morgan fingerprint density at radius 1 is 2.00 bits per heavy atom. The molecule has 0 saturated carbocycles. The third-order valence-corrected chi connectivity index (χ3v) is 0.539. The smallest absolute Gasteiger partial charge is 0.309 e. The van der Waals surface area contributed by atoms with Crippen molar-refractivity contribution in [3.8, 4) is 0 Å². The van der Waals surface area contributed by atoms with Crippen LogP contribution >= 0.6 is 0 Å². The Labute approximate surface area is 42.8 Å². The first-order valence-electron chi connectivity index (χ1n) is 1.99. The normalized spacial score (nSPS) is 7.57. The summed E-state index contributed by atoms with van der Waals surface area (Å²) in [7, 11) is 1.35. The van der Waals surface area contributed by atoms with Gasteiger partial charge in [-0.15, -0.1) is 6.58 Å². The molecule has 0 heterocycles. The number of hydrogen-bond acceptors (Lipinski definition) is 2. The SMILES string of the molecule is C=CC[13C](=O)OC. The Morgan fingerprint density at radius 2 is 2.57 bits per heavy atom. The summed E-state index contributed by atoms with van der Waals surface area (Å²) in [4.78, 5) is 10.1. The van der Waals surface area contributed by atoms with Gasteiger partial charge >= 0.3 is 5.97 Å². The first-order valence-corrected chi connectivity index (χ1v) is 1.99. The Kier molecular flexibility index (Phi) is 3.02. The third-order valence-electron chi connectivity index (χ3n) is 0.539. The van der Waals surface area contributed by atoms with E-state index in [0.29, 0.717) is 6.42 Å². The molecule has 0 atom stereocenters. The molecule has 0 amide bonds. The molecule has 0 fully saturated rings. The van der Waals surface area contributed by atoms with E-state index in [1.54, 1.807) is 0 Å². The maximum absolute atomic E-state index is 10.1. The third kappa shape index (κ3) is 3.03. The minimum absolute atomic E-state index is 0.241. The van der Waals surface area contributed by atoms with Gasteiger partial charge in [-0.3, -0.25) is 4.79 Å². The average molecular weight is 101 g/mol. The van der Waals surface area contributed by atoms with Crippen molar-refractivity contribution in [2.75, 3.05) is 7.11 Å². The van der Waals surface area contributed by atoms with Gasteiger partial charge in [-0.2, -0.15) is 0 Å². The number of carbonyl (C=O) groups is 1. The highest BCUT2D eigenvalue weighted by Crippen LogP contribution is 1.80. The Morgan fingerprint density at radius 3 is 2.71 bits per heavy atom. The molecule has 0 aromatic carbocycles. The van der Waals surface area contributed by atoms with Gasteiger partial charge in [-0.1, -0.05) is 6.08 Å². The van der Waals surface area contributed by atoms with E-state index in [1.807, 2.05) is 0 Å². The van der Waals surface area contributed by atoms with Gasteiger partial charge in [0.05, 0.1) is 13.5 Å². The van der Waals surface area contributed by atoms with Crippen LogP contribution in [0.4, 0.5) is 0 Å².